The fraction of sp³-hybridized carbons (Fsp3) is 0.267. The summed E-state index contributed by atoms with van der Waals surface area (Å²) in [6.07, 6.45) is -1.11. The molecule has 3 rings (SSSR count). The summed E-state index contributed by atoms with van der Waals surface area (Å²) in [5.74, 6) is -1.87. The van der Waals surface area contributed by atoms with Crippen molar-refractivity contribution in [2.24, 2.45) is 5.16 Å². The largest absolute Gasteiger partial charge is 0.461 e. The molecule has 0 N–H and O–H groups in total. The molecule has 204 valence electrons. The molecule has 3 aromatic rings. The quantitative estimate of drug-likeness (QED) is 0.0932. The van der Waals surface area contributed by atoms with Crippen molar-refractivity contribution >= 4 is 40.1 Å². The summed E-state index contributed by atoms with van der Waals surface area (Å²) in [7, 11) is 1.33. The number of halogens is 1. The monoisotopic (exact) mass is 595 g/mol. The molecule has 39 heavy (non-hydrogen) atoms. The molecule has 0 bridgehead atoms. The van der Waals surface area contributed by atoms with Gasteiger partial charge in [-0.1, -0.05) is 74.2 Å². The molecule has 0 amide bonds. The number of ether oxygens (including phenoxy) is 3. The van der Waals surface area contributed by atoms with E-state index in [1.165, 1.54) is 13.3 Å². The van der Waals surface area contributed by atoms with E-state index in [1.54, 1.807) is 72.8 Å². The Kier molecular flexibility index (Phi) is 10.8. The van der Waals surface area contributed by atoms with Crippen LogP contribution in [0.2, 0.25) is 0 Å². The van der Waals surface area contributed by atoms with Gasteiger partial charge in [-0.3, -0.25) is 0 Å². The number of nitrogens with zero attached hydrogens (tertiary/aromatic N) is 1. The molecule has 0 saturated heterocycles. The van der Waals surface area contributed by atoms with E-state index in [4.69, 9.17) is 19.0 Å². The molecule has 0 aliphatic rings. The number of hydrogen-bond acceptors (Lipinski definition) is 8. The molecule has 0 aliphatic heterocycles. The molecule has 0 unspecified atom stereocenters. The Morgan fingerprint density at radius 2 is 1.13 bits per heavy atom. The first kappa shape index (κ1) is 29.6. The molecule has 0 saturated carbocycles. The SMILES string of the molecule is CON=C[C@@H](OC(=O)c1ccc(C)cc1)[C@H](OC(=O)c1ccc(C)cc1)[C@@H](Br)COC(=O)c1ccc(C)cc1. The van der Waals surface area contributed by atoms with Crippen LogP contribution in [0, 0.1) is 20.8 Å². The van der Waals surface area contributed by atoms with Gasteiger partial charge < -0.3 is 19.0 Å². The summed E-state index contributed by atoms with van der Waals surface area (Å²) >= 11 is 3.47. The van der Waals surface area contributed by atoms with Gasteiger partial charge in [-0.05, 0) is 57.2 Å². The van der Waals surface area contributed by atoms with E-state index >= 15 is 0 Å². The van der Waals surface area contributed by atoms with Gasteiger partial charge in [0.05, 0.1) is 27.7 Å². The van der Waals surface area contributed by atoms with Crippen molar-refractivity contribution in [3.8, 4) is 0 Å². The molecule has 0 spiro atoms. The topological polar surface area (TPSA) is 100 Å². The maximum Gasteiger partial charge on any atom is 0.338 e. The van der Waals surface area contributed by atoms with Crippen LogP contribution >= 0.6 is 15.9 Å². The van der Waals surface area contributed by atoms with Gasteiger partial charge in [0.15, 0.2) is 12.2 Å². The first-order valence-corrected chi connectivity index (χ1v) is 13.1. The van der Waals surface area contributed by atoms with Crippen molar-refractivity contribution in [1.29, 1.82) is 0 Å². The third-order valence-electron chi connectivity index (χ3n) is 5.72. The number of benzene rings is 3. The van der Waals surface area contributed by atoms with Gasteiger partial charge in [-0.2, -0.15) is 0 Å². The Balaban J connectivity index is 1.85. The van der Waals surface area contributed by atoms with Crippen LogP contribution in [-0.4, -0.2) is 54.9 Å². The average Bonchev–Trinajstić information content (AvgIpc) is 2.93. The van der Waals surface area contributed by atoms with E-state index in [1.807, 2.05) is 20.8 Å². The number of rotatable bonds is 11. The minimum absolute atomic E-state index is 0.196. The molecule has 9 heteroatoms. The van der Waals surface area contributed by atoms with Gasteiger partial charge in [0.1, 0.15) is 13.7 Å². The van der Waals surface area contributed by atoms with Crippen LogP contribution in [0.1, 0.15) is 47.8 Å². The minimum atomic E-state index is -1.18. The highest BCUT2D eigenvalue weighted by Gasteiger charge is 2.35. The number of carbonyl (C=O) groups excluding carboxylic acids is 3. The number of carbonyl (C=O) groups is 3. The molecular formula is C30H30BrNO7. The standard InChI is InChI=1S/C30H30BrNO7/c1-19-5-11-22(12-6-19)28(33)37-18-25(31)27(39-30(35)24-15-9-21(3)10-16-24)26(17-32-36-4)38-29(34)23-13-7-20(2)8-14-23/h5-17,25-27H,18H2,1-4H3/t25-,26+,27+/m0/s1. The molecule has 0 aliphatic carbocycles. The smallest absolute Gasteiger partial charge is 0.338 e. The summed E-state index contributed by atoms with van der Waals surface area (Å²) in [6.45, 7) is 5.52. The maximum atomic E-state index is 13.1. The molecule has 3 aromatic carbocycles. The van der Waals surface area contributed by atoms with Gasteiger partial charge in [-0.25, -0.2) is 14.4 Å². The molecule has 0 heterocycles. The summed E-state index contributed by atoms with van der Waals surface area (Å²) in [6, 6.07) is 20.6. The second-order valence-electron chi connectivity index (χ2n) is 8.89. The zero-order chi connectivity index (χ0) is 28.4. The summed E-state index contributed by atoms with van der Waals surface area (Å²) in [5.41, 5.74) is 3.93. The second kappa shape index (κ2) is 14.2. The molecule has 0 fully saturated rings. The summed E-state index contributed by atoms with van der Waals surface area (Å²) in [5, 5.41) is 3.76. The lowest BCUT2D eigenvalue weighted by Crippen LogP contribution is -2.44. The van der Waals surface area contributed by atoms with Gasteiger partial charge in [0.2, 0.25) is 0 Å². The zero-order valence-corrected chi connectivity index (χ0v) is 23.7. The van der Waals surface area contributed by atoms with Crippen LogP contribution in [0.5, 0.6) is 0 Å². The number of aryl methyl sites for hydroxylation is 3. The third-order valence-corrected chi connectivity index (χ3v) is 6.50. The molecule has 0 radical (unpaired) electrons. The molecular weight excluding hydrogens is 566 g/mol. The predicted octanol–water partition coefficient (Wildman–Crippen LogP) is 5.62. The Hall–Kier alpha value is -3.98. The minimum Gasteiger partial charge on any atom is -0.461 e. The van der Waals surface area contributed by atoms with Crippen molar-refractivity contribution in [1.82, 2.24) is 0 Å². The first-order valence-electron chi connectivity index (χ1n) is 12.2. The lowest BCUT2D eigenvalue weighted by molar-refractivity contribution is -0.0209. The van der Waals surface area contributed by atoms with E-state index in [2.05, 4.69) is 21.1 Å². The normalized spacial score (nSPS) is 13.3. The van der Waals surface area contributed by atoms with Crippen molar-refractivity contribution in [2.45, 2.75) is 37.8 Å². The van der Waals surface area contributed by atoms with E-state index < -0.39 is 34.9 Å². The van der Waals surface area contributed by atoms with Crippen LogP contribution in [0.15, 0.2) is 78.0 Å². The van der Waals surface area contributed by atoms with Gasteiger partial charge in [0.25, 0.3) is 0 Å². The van der Waals surface area contributed by atoms with E-state index in [-0.39, 0.29) is 6.61 Å². The van der Waals surface area contributed by atoms with Gasteiger partial charge in [0, 0.05) is 0 Å². The number of esters is 3. The number of oxime groups is 1. The fourth-order valence-electron chi connectivity index (χ4n) is 3.44. The average molecular weight is 596 g/mol. The van der Waals surface area contributed by atoms with Crippen molar-refractivity contribution in [2.75, 3.05) is 13.7 Å². The Bertz CT molecular complexity index is 1290. The Morgan fingerprint density at radius 1 is 0.718 bits per heavy atom. The Labute approximate surface area is 236 Å². The van der Waals surface area contributed by atoms with Crippen molar-refractivity contribution < 1.29 is 33.4 Å². The second-order valence-corrected chi connectivity index (χ2v) is 10.1. The lowest BCUT2D eigenvalue weighted by Gasteiger charge is -2.28. The highest BCUT2D eigenvalue weighted by Crippen LogP contribution is 2.21. The van der Waals surface area contributed by atoms with Crippen LogP contribution in [-0.2, 0) is 19.0 Å². The highest BCUT2D eigenvalue weighted by atomic mass is 79.9. The van der Waals surface area contributed by atoms with Gasteiger partial charge >= 0.3 is 17.9 Å². The van der Waals surface area contributed by atoms with Crippen molar-refractivity contribution in [3.05, 3.63) is 106 Å². The Morgan fingerprint density at radius 3 is 1.56 bits per heavy atom. The third kappa shape index (κ3) is 8.78. The molecule has 3 atom stereocenters. The fourth-order valence-corrected chi connectivity index (χ4v) is 3.98. The molecule has 0 aromatic heterocycles. The van der Waals surface area contributed by atoms with Crippen LogP contribution < -0.4 is 0 Å². The lowest BCUT2D eigenvalue weighted by atomic mass is 10.1. The first-order chi connectivity index (χ1) is 18.7. The van der Waals surface area contributed by atoms with Crippen LogP contribution in [0.25, 0.3) is 0 Å². The zero-order valence-electron chi connectivity index (χ0n) is 22.1. The molecule has 8 nitrogen and oxygen atoms in total. The van der Waals surface area contributed by atoms with E-state index in [9.17, 15) is 14.4 Å². The highest BCUT2D eigenvalue weighted by molar-refractivity contribution is 9.09. The summed E-state index contributed by atoms with van der Waals surface area (Å²) in [4.78, 5) is 42.7. The summed E-state index contributed by atoms with van der Waals surface area (Å²) < 4.78 is 17.0. The van der Waals surface area contributed by atoms with Crippen molar-refractivity contribution in [3.63, 3.8) is 0 Å². The van der Waals surface area contributed by atoms with Gasteiger partial charge in [-0.15, -0.1) is 0 Å². The predicted molar refractivity (Wildman–Crippen MR) is 150 cm³/mol. The maximum absolute atomic E-state index is 13.1. The number of hydrogen-bond donors (Lipinski definition) is 0. The van der Waals surface area contributed by atoms with Crippen LogP contribution in [0.4, 0.5) is 0 Å². The van der Waals surface area contributed by atoms with Crippen LogP contribution in [0.3, 0.4) is 0 Å². The number of alkyl halides is 1. The van der Waals surface area contributed by atoms with E-state index in [0.717, 1.165) is 16.7 Å². The van der Waals surface area contributed by atoms with E-state index in [0.29, 0.717) is 16.7 Å².